The van der Waals surface area contributed by atoms with Crippen LogP contribution in [0.1, 0.15) is 23.6 Å². The molecule has 0 fully saturated rings. The van der Waals surface area contributed by atoms with Crippen molar-refractivity contribution >= 4 is 12.4 Å². The zero-order valence-corrected chi connectivity index (χ0v) is 6.60. The highest BCUT2D eigenvalue weighted by atomic mass is 16.1. The number of rotatable bonds is 1. The molecule has 0 saturated carbocycles. The van der Waals surface area contributed by atoms with Gasteiger partial charge in [-0.3, -0.25) is 4.98 Å². The number of carbonyl (C=O) groups excluding carboxylic acids is 1. The van der Waals surface area contributed by atoms with Crippen molar-refractivity contribution in [3.8, 4) is 0 Å². The summed E-state index contributed by atoms with van der Waals surface area (Å²) < 4.78 is 0. The van der Waals surface area contributed by atoms with Crippen molar-refractivity contribution in [1.29, 1.82) is 0 Å². The Hall–Kier alpha value is -1.44. The topological polar surface area (TPSA) is 30.0 Å². The molecule has 0 aromatic carbocycles. The largest absolute Gasteiger partial charge is 0.303 e. The predicted octanol–water partition coefficient (Wildman–Crippen LogP) is 1.78. The molecule has 0 radical (unpaired) electrons. The van der Waals surface area contributed by atoms with Gasteiger partial charge in [-0.1, -0.05) is 12.1 Å². The highest BCUT2D eigenvalue weighted by Gasteiger charge is 2.15. The summed E-state index contributed by atoms with van der Waals surface area (Å²) in [7, 11) is 0. The Balaban J connectivity index is 2.52. The summed E-state index contributed by atoms with van der Waals surface area (Å²) in [6.07, 6.45) is 7.51. The Morgan fingerprint density at radius 2 is 2.50 bits per heavy atom. The van der Waals surface area contributed by atoms with E-state index in [1.54, 1.807) is 6.20 Å². The molecule has 0 aliphatic heterocycles. The van der Waals surface area contributed by atoms with E-state index in [4.69, 9.17) is 0 Å². The third kappa shape index (κ3) is 1.05. The maximum Gasteiger partial charge on any atom is 0.127 e. The van der Waals surface area contributed by atoms with Gasteiger partial charge in [-0.2, -0.15) is 0 Å². The van der Waals surface area contributed by atoms with E-state index in [9.17, 15) is 4.79 Å². The molecule has 12 heavy (non-hydrogen) atoms. The van der Waals surface area contributed by atoms with Gasteiger partial charge in [0.25, 0.3) is 0 Å². The fourth-order valence-corrected chi connectivity index (χ4v) is 1.46. The van der Waals surface area contributed by atoms with Crippen LogP contribution in [-0.4, -0.2) is 11.3 Å². The van der Waals surface area contributed by atoms with Crippen LogP contribution in [0.4, 0.5) is 0 Å². The van der Waals surface area contributed by atoms with E-state index in [-0.39, 0.29) is 5.92 Å². The lowest BCUT2D eigenvalue weighted by Gasteiger charge is -2.14. The number of carbonyl (C=O) groups is 1. The van der Waals surface area contributed by atoms with Gasteiger partial charge in [0.2, 0.25) is 0 Å². The van der Waals surface area contributed by atoms with Gasteiger partial charge >= 0.3 is 0 Å². The van der Waals surface area contributed by atoms with Crippen LogP contribution in [0.25, 0.3) is 6.08 Å². The molecule has 60 valence electrons. The van der Waals surface area contributed by atoms with Gasteiger partial charge in [0, 0.05) is 12.1 Å². The standard InChI is InChI=1S/C10H9NO/c12-7-8-3-1-5-10-9(8)4-2-6-11-10/h1-2,4-8H,3H2. The van der Waals surface area contributed by atoms with Gasteiger partial charge in [-0.25, -0.2) is 0 Å². The van der Waals surface area contributed by atoms with Crippen LogP contribution in [0.3, 0.4) is 0 Å². The first kappa shape index (κ1) is 7.22. The fraction of sp³-hybridized carbons (Fsp3) is 0.200. The minimum absolute atomic E-state index is 0.0127. The molecule has 0 saturated heterocycles. The number of hydrogen-bond donors (Lipinski definition) is 0. The van der Waals surface area contributed by atoms with Gasteiger partial charge in [-0.05, 0) is 24.1 Å². The van der Waals surface area contributed by atoms with Crippen molar-refractivity contribution in [1.82, 2.24) is 4.98 Å². The lowest BCUT2D eigenvalue weighted by molar-refractivity contribution is -0.109. The molecule has 1 aromatic heterocycles. The summed E-state index contributed by atoms with van der Waals surface area (Å²) in [5, 5.41) is 0. The minimum Gasteiger partial charge on any atom is -0.303 e. The molecule has 1 heterocycles. The quantitative estimate of drug-likeness (QED) is 0.584. The Kier molecular flexibility index (Phi) is 1.74. The minimum atomic E-state index is 0.0127. The van der Waals surface area contributed by atoms with Crippen LogP contribution < -0.4 is 0 Å². The van der Waals surface area contributed by atoms with Gasteiger partial charge in [0.05, 0.1) is 5.69 Å². The molecule has 2 rings (SSSR count). The van der Waals surface area contributed by atoms with E-state index >= 15 is 0 Å². The number of nitrogens with zero attached hydrogens (tertiary/aromatic N) is 1. The number of fused-ring (bicyclic) bond motifs is 1. The first-order valence-electron chi connectivity index (χ1n) is 3.98. The summed E-state index contributed by atoms with van der Waals surface area (Å²) in [5.41, 5.74) is 1.98. The number of allylic oxidation sites excluding steroid dienone is 1. The maximum atomic E-state index is 10.7. The predicted molar refractivity (Wildman–Crippen MR) is 46.7 cm³/mol. The molecule has 0 amide bonds. The highest BCUT2D eigenvalue weighted by molar-refractivity contribution is 5.68. The smallest absolute Gasteiger partial charge is 0.127 e. The summed E-state index contributed by atoms with van der Waals surface area (Å²) in [5.74, 6) is 0.0127. The van der Waals surface area contributed by atoms with E-state index in [2.05, 4.69) is 4.98 Å². The number of aromatic nitrogens is 1. The highest BCUT2D eigenvalue weighted by Crippen LogP contribution is 2.25. The molecular formula is C10H9NO. The van der Waals surface area contributed by atoms with E-state index in [1.807, 2.05) is 24.3 Å². The van der Waals surface area contributed by atoms with Crippen molar-refractivity contribution in [3.63, 3.8) is 0 Å². The van der Waals surface area contributed by atoms with Crippen LogP contribution in [0.2, 0.25) is 0 Å². The van der Waals surface area contributed by atoms with Crippen molar-refractivity contribution in [2.24, 2.45) is 0 Å². The average molecular weight is 159 g/mol. The Morgan fingerprint density at radius 1 is 1.58 bits per heavy atom. The zero-order valence-electron chi connectivity index (χ0n) is 6.60. The third-order valence-electron chi connectivity index (χ3n) is 2.10. The molecule has 2 nitrogen and oxygen atoms in total. The maximum absolute atomic E-state index is 10.7. The molecule has 0 N–H and O–H groups in total. The lowest BCUT2D eigenvalue weighted by Crippen LogP contribution is -2.05. The summed E-state index contributed by atoms with van der Waals surface area (Å²) in [6, 6.07) is 3.83. The van der Waals surface area contributed by atoms with E-state index in [1.165, 1.54) is 0 Å². The van der Waals surface area contributed by atoms with Crippen molar-refractivity contribution in [3.05, 3.63) is 35.7 Å². The summed E-state index contributed by atoms with van der Waals surface area (Å²) in [6.45, 7) is 0. The second-order valence-electron chi connectivity index (χ2n) is 2.86. The number of aldehydes is 1. The monoisotopic (exact) mass is 159 g/mol. The van der Waals surface area contributed by atoms with Gasteiger partial charge in [0.15, 0.2) is 0 Å². The molecule has 2 heteroatoms. The first-order valence-corrected chi connectivity index (χ1v) is 3.98. The van der Waals surface area contributed by atoms with Crippen molar-refractivity contribution in [2.45, 2.75) is 12.3 Å². The lowest BCUT2D eigenvalue weighted by atomic mass is 9.91. The van der Waals surface area contributed by atoms with Crippen LogP contribution in [0.5, 0.6) is 0 Å². The zero-order chi connectivity index (χ0) is 8.39. The second kappa shape index (κ2) is 2.89. The van der Waals surface area contributed by atoms with Crippen LogP contribution in [0.15, 0.2) is 24.4 Å². The molecule has 0 spiro atoms. The van der Waals surface area contributed by atoms with E-state index in [0.717, 1.165) is 24.0 Å². The van der Waals surface area contributed by atoms with Crippen molar-refractivity contribution in [2.75, 3.05) is 0 Å². The average Bonchev–Trinajstić information content (AvgIpc) is 2.17. The molecule has 0 bridgehead atoms. The summed E-state index contributed by atoms with van der Waals surface area (Å²) >= 11 is 0. The normalized spacial score (nSPS) is 20.2. The molecule has 1 unspecified atom stereocenters. The SMILES string of the molecule is O=CC1CC=Cc2ncccc21. The van der Waals surface area contributed by atoms with Crippen LogP contribution in [-0.2, 0) is 4.79 Å². The second-order valence-corrected chi connectivity index (χ2v) is 2.86. The molecule has 1 aliphatic rings. The number of pyridine rings is 1. The number of hydrogen-bond acceptors (Lipinski definition) is 2. The van der Waals surface area contributed by atoms with Gasteiger partial charge in [0.1, 0.15) is 6.29 Å². The molecule has 1 atom stereocenters. The van der Waals surface area contributed by atoms with Crippen LogP contribution >= 0.6 is 0 Å². The fourth-order valence-electron chi connectivity index (χ4n) is 1.46. The van der Waals surface area contributed by atoms with E-state index in [0.29, 0.717) is 0 Å². The van der Waals surface area contributed by atoms with Gasteiger partial charge < -0.3 is 4.79 Å². The van der Waals surface area contributed by atoms with Gasteiger partial charge in [-0.15, -0.1) is 0 Å². The third-order valence-corrected chi connectivity index (χ3v) is 2.10. The van der Waals surface area contributed by atoms with Crippen molar-refractivity contribution < 1.29 is 4.79 Å². The Morgan fingerprint density at radius 3 is 3.33 bits per heavy atom. The Bertz CT molecular complexity index is 330. The van der Waals surface area contributed by atoms with Crippen LogP contribution in [0, 0.1) is 0 Å². The Labute approximate surface area is 70.9 Å². The molecular weight excluding hydrogens is 150 g/mol. The molecule has 1 aromatic rings. The van der Waals surface area contributed by atoms with E-state index < -0.39 is 0 Å². The molecule has 1 aliphatic carbocycles. The summed E-state index contributed by atoms with van der Waals surface area (Å²) in [4.78, 5) is 14.8. The first-order chi connectivity index (χ1) is 5.92.